The first-order valence-corrected chi connectivity index (χ1v) is 7.31. The molecule has 1 saturated heterocycles. The summed E-state index contributed by atoms with van der Waals surface area (Å²) in [4.78, 5) is 2.46. The Morgan fingerprint density at radius 1 is 1.35 bits per heavy atom. The second kappa shape index (κ2) is 6.24. The lowest BCUT2D eigenvalue weighted by Gasteiger charge is -2.26. The normalized spacial score (nSPS) is 16.6. The molecule has 0 spiro atoms. The summed E-state index contributed by atoms with van der Waals surface area (Å²) in [5.74, 6) is 0.838. The van der Waals surface area contributed by atoms with Crippen LogP contribution >= 0.6 is 0 Å². The van der Waals surface area contributed by atoms with E-state index in [0.717, 1.165) is 61.6 Å². The van der Waals surface area contributed by atoms with E-state index in [1.807, 2.05) is 25.1 Å². The minimum absolute atomic E-state index is 0.662. The Bertz CT molecular complexity index is 561. The second-order valence-corrected chi connectivity index (χ2v) is 5.06. The third-order valence-corrected chi connectivity index (χ3v) is 3.70. The molecule has 0 bridgehead atoms. The molecule has 0 aliphatic carbocycles. The lowest BCUT2D eigenvalue weighted by molar-refractivity contribution is 0.242. The summed E-state index contributed by atoms with van der Waals surface area (Å²) in [6, 6.07) is 5.95. The summed E-state index contributed by atoms with van der Waals surface area (Å²) >= 11 is 0. The summed E-state index contributed by atoms with van der Waals surface area (Å²) in [5, 5.41) is 8.67. The van der Waals surface area contributed by atoms with Crippen molar-refractivity contribution in [1.29, 1.82) is 0 Å². The van der Waals surface area contributed by atoms with Gasteiger partial charge < -0.3 is 19.5 Å². The van der Waals surface area contributed by atoms with Gasteiger partial charge in [-0.15, -0.1) is 0 Å². The van der Waals surface area contributed by atoms with Crippen LogP contribution < -0.4 is 10.1 Å². The highest BCUT2D eigenvalue weighted by atomic mass is 16.5. The van der Waals surface area contributed by atoms with E-state index < -0.39 is 0 Å². The minimum Gasteiger partial charge on any atom is -0.494 e. The largest absolute Gasteiger partial charge is 0.494 e. The molecule has 108 valence electrons. The summed E-state index contributed by atoms with van der Waals surface area (Å²) in [6.45, 7) is 8.07. The van der Waals surface area contributed by atoms with E-state index in [9.17, 15) is 0 Å². The van der Waals surface area contributed by atoms with Crippen molar-refractivity contribution >= 4 is 11.0 Å². The monoisotopic (exact) mass is 275 g/mol. The number of benzene rings is 1. The average molecular weight is 275 g/mol. The molecule has 5 nitrogen and oxygen atoms in total. The SMILES string of the molecule is CCOc1ccc2c(CCN3CCNCC3)noc2c1. The van der Waals surface area contributed by atoms with E-state index >= 15 is 0 Å². The maximum absolute atomic E-state index is 5.48. The van der Waals surface area contributed by atoms with Gasteiger partial charge in [0, 0.05) is 50.6 Å². The van der Waals surface area contributed by atoms with Crippen molar-refractivity contribution in [3.63, 3.8) is 0 Å². The summed E-state index contributed by atoms with van der Waals surface area (Å²) in [6.07, 6.45) is 0.932. The fourth-order valence-corrected chi connectivity index (χ4v) is 2.61. The van der Waals surface area contributed by atoms with E-state index in [2.05, 4.69) is 15.4 Å². The van der Waals surface area contributed by atoms with Gasteiger partial charge in [-0.2, -0.15) is 0 Å². The van der Waals surface area contributed by atoms with Gasteiger partial charge in [-0.05, 0) is 19.1 Å². The van der Waals surface area contributed by atoms with Gasteiger partial charge in [0.15, 0.2) is 5.58 Å². The number of rotatable bonds is 5. The highest BCUT2D eigenvalue weighted by molar-refractivity contribution is 5.80. The highest BCUT2D eigenvalue weighted by Crippen LogP contribution is 2.24. The predicted octanol–water partition coefficient (Wildman–Crippen LogP) is 1.67. The number of hydrogen-bond acceptors (Lipinski definition) is 5. The molecule has 0 amide bonds. The fourth-order valence-electron chi connectivity index (χ4n) is 2.61. The average Bonchev–Trinajstić information content (AvgIpc) is 2.89. The Labute approximate surface area is 118 Å². The second-order valence-electron chi connectivity index (χ2n) is 5.06. The lowest BCUT2D eigenvalue weighted by Crippen LogP contribution is -2.44. The van der Waals surface area contributed by atoms with Crippen molar-refractivity contribution in [1.82, 2.24) is 15.4 Å². The van der Waals surface area contributed by atoms with Crippen LogP contribution in [-0.2, 0) is 6.42 Å². The molecule has 1 aromatic carbocycles. The van der Waals surface area contributed by atoms with Crippen LogP contribution in [0.5, 0.6) is 5.75 Å². The maximum atomic E-state index is 5.48. The van der Waals surface area contributed by atoms with Crippen LogP contribution in [0.1, 0.15) is 12.6 Å². The molecule has 0 unspecified atom stereocenters. The minimum atomic E-state index is 0.662. The molecule has 1 aromatic heterocycles. The summed E-state index contributed by atoms with van der Waals surface area (Å²) < 4.78 is 10.9. The van der Waals surface area contributed by atoms with Gasteiger partial charge in [0.2, 0.25) is 0 Å². The quantitative estimate of drug-likeness (QED) is 0.899. The predicted molar refractivity (Wildman–Crippen MR) is 78.2 cm³/mol. The molecule has 5 heteroatoms. The fraction of sp³-hybridized carbons (Fsp3) is 0.533. The van der Waals surface area contributed by atoms with Crippen molar-refractivity contribution in [2.75, 3.05) is 39.3 Å². The molecule has 1 fully saturated rings. The zero-order valence-electron chi connectivity index (χ0n) is 11.9. The zero-order chi connectivity index (χ0) is 13.8. The van der Waals surface area contributed by atoms with E-state index in [4.69, 9.17) is 9.26 Å². The first kappa shape index (κ1) is 13.4. The topological polar surface area (TPSA) is 50.5 Å². The van der Waals surface area contributed by atoms with Gasteiger partial charge in [-0.3, -0.25) is 0 Å². The summed E-state index contributed by atoms with van der Waals surface area (Å²) in [7, 11) is 0. The van der Waals surface area contributed by atoms with Crippen LogP contribution in [0.2, 0.25) is 0 Å². The molecule has 1 N–H and O–H groups in total. The smallest absolute Gasteiger partial charge is 0.170 e. The number of aromatic nitrogens is 1. The molecule has 1 aliphatic heterocycles. The van der Waals surface area contributed by atoms with Gasteiger partial charge in [0.05, 0.1) is 12.3 Å². The van der Waals surface area contributed by atoms with E-state index in [1.54, 1.807) is 0 Å². The number of ether oxygens (including phenoxy) is 1. The number of nitrogens with one attached hydrogen (secondary N) is 1. The van der Waals surface area contributed by atoms with Crippen molar-refractivity contribution in [2.24, 2.45) is 0 Å². The van der Waals surface area contributed by atoms with Crippen LogP contribution in [0.15, 0.2) is 22.7 Å². The molecular formula is C15H21N3O2. The van der Waals surface area contributed by atoms with Crippen LogP contribution in [-0.4, -0.2) is 49.4 Å². The first-order chi connectivity index (χ1) is 9.86. The Kier molecular flexibility index (Phi) is 4.18. The van der Waals surface area contributed by atoms with Gasteiger partial charge in [0.25, 0.3) is 0 Å². The van der Waals surface area contributed by atoms with Crippen molar-refractivity contribution < 1.29 is 9.26 Å². The van der Waals surface area contributed by atoms with Crippen molar-refractivity contribution in [2.45, 2.75) is 13.3 Å². The summed E-state index contributed by atoms with van der Waals surface area (Å²) in [5.41, 5.74) is 1.85. The standard InChI is InChI=1S/C15H21N3O2/c1-2-19-12-3-4-13-14(17-20-15(13)11-12)5-8-18-9-6-16-7-10-18/h3-4,11,16H,2,5-10H2,1H3. The van der Waals surface area contributed by atoms with Crippen LogP contribution in [0.25, 0.3) is 11.0 Å². The van der Waals surface area contributed by atoms with E-state index in [1.165, 1.54) is 0 Å². The van der Waals surface area contributed by atoms with E-state index in [0.29, 0.717) is 6.61 Å². The van der Waals surface area contributed by atoms with Crippen LogP contribution in [0.4, 0.5) is 0 Å². The number of fused-ring (bicyclic) bond motifs is 1. The Morgan fingerprint density at radius 2 is 2.20 bits per heavy atom. The van der Waals surface area contributed by atoms with Crippen molar-refractivity contribution in [3.05, 3.63) is 23.9 Å². The third kappa shape index (κ3) is 2.94. The molecule has 2 aromatic rings. The molecule has 0 saturated carbocycles. The van der Waals surface area contributed by atoms with E-state index in [-0.39, 0.29) is 0 Å². The third-order valence-electron chi connectivity index (χ3n) is 3.70. The lowest BCUT2D eigenvalue weighted by atomic mass is 10.1. The number of piperazine rings is 1. The van der Waals surface area contributed by atoms with Gasteiger partial charge >= 0.3 is 0 Å². The Hall–Kier alpha value is -1.59. The highest BCUT2D eigenvalue weighted by Gasteiger charge is 2.13. The molecule has 3 rings (SSSR count). The molecule has 2 heterocycles. The first-order valence-electron chi connectivity index (χ1n) is 7.31. The number of nitrogens with zero attached hydrogens (tertiary/aromatic N) is 2. The van der Waals surface area contributed by atoms with Gasteiger partial charge in [-0.25, -0.2) is 0 Å². The zero-order valence-corrected chi connectivity index (χ0v) is 11.9. The molecule has 0 atom stereocenters. The maximum Gasteiger partial charge on any atom is 0.170 e. The van der Waals surface area contributed by atoms with Crippen LogP contribution in [0, 0.1) is 0 Å². The Balaban J connectivity index is 1.68. The van der Waals surface area contributed by atoms with Gasteiger partial charge in [-0.1, -0.05) is 5.16 Å². The molecule has 20 heavy (non-hydrogen) atoms. The molecule has 0 radical (unpaired) electrons. The van der Waals surface area contributed by atoms with Crippen molar-refractivity contribution in [3.8, 4) is 5.75 Å². The Morgan fingerprint density at radius 3 is 3.00 bits per heavy atom. The van der Waals surface area contributed by atoms with Gasteiger partial charge in [0.1, 0.15) is 5.75 Å². The number of hydrogen-bond donors (Lipinski definition) is 1. The molecule has 1 aliphatic rings. The van der Waals surface area contributed by atoms with Crippen LogP contribution in [0.3, 0.4) is 0 Å². The molecular weight excluding hydrogens is 254 g/mol.